The molecule has 2 saturated heterocycles. The molecule has 0 spiro atoms. The van der Waals surface area contributed by atoms with Crippen LogP contribution in [0.3, 0.4) is 0 Å². The Morgan fingerprint density at radius 3 is 2.38 bits per heavy atom. The third kappa shape index (κ3) is 0.555. The molecule has 3 nitrogen and oxygen atoms in total. The van der Waals surface area contributed by atoms with E-state index in [1.54, 1.807) is 0 Å². The highest BCUT2D eigenvalue weighted by Crippen LogP contribution is 2.15. The summed E-state index contributed by atoms with van der Waals surface area (Å²) in [6, 6.07) is 0. The van der Waals surface area contributed by atoms with Gasteiger partial charge in [-0.25, -0.2) is 0 Å². The topological polar surface area (TPSA) is 30.5 Å². The van der Waals surface area contributed by atoms with Gasteiger partial charge in [0, 0.05) is 13.1 Å². The molecule has 8 heavy (non-hydrogen) atoms. The lowest BCUT2D eigenvalue weighted by molar-refractivity contribution is 0.0324. The summed E-state index contributed by atoms with van der Waals surface area (Å²) in [6.45, 7) is 2.42. The van der Waals surface area contributed by atoms with Crippen molar-refractivity contribution < 1.29 is 9.47 Å². The lowest BCUT2D eigenvalue weighted by Crippen LogP contribution is -2.18. The van der Waals surface area contributed by atoms with Crippen LogP contribution in [0.1, 0.15) is 0 Å². The van der Waals surface area contributed by atoms with Crippen molar-refractivity contribution >= 4 is 0 Å². The van der Waals surface area contributed by atoms with Crippen LogP contribution in [0.2, 0.25) is 0 Å². The van der Waals surface area contributed by atoms with Gasteiger partial charge in [0.2, 0.25) is 0 Å². The van der Waals surface area contributed by atoms with Gasteiger partial charge in [0.25, 0.3) is 0 Å². The van der Waals surface area contributed by atoms with E-state index in [-0.39, 0.29) is 0 Å². The monoisotopic (exact) mass is 115 g/mol. The molecule has 0 saturated carbocycles. The van der Waals surface area contributed by atoms with Crippen molar-refractivity contribution in [1.82, 2.24) is 5.32 Å². The zero-order valence-electron chi connectivity index (χ0n) is 4.59. The summed E-state index contributed by atoms with van der Waals surface area (Å²) in [5.41, 5.74) is 0. The molecule has 1 N–H and O–H groups in total. The van der Waals surface area contributed by atoms with Crippen molar-refractivity contribution in [2.24, 2.45) is 0 Å². The summed E-state index contributed by atoms with van der Waals surface area (Å²) < 4.78 is 10.4. The second-order valence-corrected chi connectivity index (χ2v) is 2.19. The van der Waals surface area contributed by atoms with E-state index < -0.39 is 0 Å². The Morgan fingerprint density at radius 1 is 1.12 bits per heavy atom. The predicted octanol–water partition coefficient (Wildman–Crippen LogP) is -0.669. The lowest BCUT2D eigenvalue weighted by Gasteiger charge is -2.00. The zero-order chi connectivity index (χ0) is 5.40. The van der Waals surface area contributed by atoms with E-state index in [2.05, 4.69) is 5.32 Å². The van der Waals surface area contributed by atoms with Crippen LogP contribution in [0.25, 0.3) is 0 Å². The quantitative estimate of drug-likeness (QED) is 0.454. The van der Waals surface area contributed by atoms with Crippen LogP contribution in [-0.2, 0) is 9.47 Å². The maximum absolute atomic E-state index is 5.19. The molecule has 0 aliphatic carbocycles. The molecule has 3 heteroatoms. The Labute approximate surface area is 48.0 Å². The standard InChI is InChI=1S/C5H9NO2/c1-4-5(2-6-1)8-3-7-4/h4-6H,1-3H2/t4-,5+. The highest BCUT2D eigenvalue weighted by Gasteiger charge is 2.33. The first-order chi connectivity index (χ1) is 3.97. The van der Waals surface area contributed by atoms with Crippen LogP contribution < -0.4 is 5.32 Å². The fraction of sp³-hybridized carbons (Fsp3) is 1.00. The van der Waals surface area contributed by atoms with Gasteiger partial charge < -0.3 is 14.8 Å². The van der Waals surface area contributed by atoms with Crippen molar-refractivity contribution in [3.63, 3.8) is 0 Å². The Balaban J connectivity index is 2.04. The van der Waals surface area contributed by atoms with Gasteiger partial charge in [0.05, 0.1) is 0 Å². The average molecular weight is 115 g/mol. The van der Waals surface area contributed by atoms with E-state index in [1.165, 1.54) is 0 Å². The molecule has 0 aromatic carbocycles. The maximum atomic E-state index is 5.19. The Bertz CT molecular complexity index is 76.4. The van der Waals surface area contributed by atoms with Gasteiger partial charge >= 0.3 is 0 Å². The first-order valence-corrected chi connectivity index (χ1v) is 2.91. The Hall–Kier alpha value is -0.120. The number of hydrogen-bond acceptors (Lipinski definition) is 3. The molecule has 2 atom stereocenters. The minimum Gasteiger partial charge on any atom is -0.348 e. The molecule has 2 heterocycles. The molecule has 0 aromatic heterocycles. The van der Waals surface area contributed by atoms with E-state index >= 15 is 0 Å². The number of hydrogen-bond donors (Lipinski definition) is 1. The van der Waals surface area contributed by atoms with Gasteiger partial charge in [-0.1, -0.05) is 0 Å². The smallest absolute Gasteiger partial charge is 0.147 e. The summed E-state index contributed by atoms with van der Waals surface area (Å²) in [6.07, 6.45) is 0.685. The van der Waals surface area contributed by atoms with Crippen LogP contribution in [0.5, 0.6) is 0 Å². The number of rotatable bonds is 0. The molecular weight excluding hydrogens is 106 g/mol. The number of ether oxygens (including phenoxy) is 2. The molecule has 46 valence electrons. The first-order valence-electron chi connectivity index (χ1n) is 2.91. The van der Waals surface area contributed by atoms with E-state index in [4.69, 9.17) is 9.47 Å². The zero-order valence-corrected chi connectivity index (χ0v) is 4.59. The van der Waals surface area contributed by atoms with Crippen molar-refractivity contribution in [2.45, 2.75) is 12.2 Å². The highest BCUT2D eigenvalue weighted by atomic mass is 16.7. The Morgan fingerprint density at radius 2 is 1.75 bits per heavy atom. The molecule has 0 amide bonds. The van der Waals surface area contributed by atoms with Crippen molar-refractivity contribution in [2.75, 3.05) is 19.9 Å². The van der Waals surface area contributed by atoms with Crippen LogP contribution >= 0.6 is 0 Å². The summed E-state index contributed by atoms with van der Waals surface area (Å²) >= 11 is 0. The first kappa shape index (κ1) is 4.73. The minimum absolute atomic E-state index is 0.343. The molecule has 0 radical (unpaired) electrons. The maximum Gasteiger partial charge on any atom is 0.147 e. The van der Waals surface area contributed by atoms with Gasteiger partial charge in [0.1, 0.15) is 19.0 Å². The van der Waals surface area contributed by atoms with Gasteiger partial charge in [-0.05, 0) is 0 Å². The van der Waals surface area contributed by atoms with Crippen LogP contribution in [0.4, 0.5) is 0 Å². The third-order valence-corrected chi connectivity index (χ3v) is 1.67. The molecule has 2 aliphatic heterocycles. The summed E-state index contributed by atoms with van der Waals surface area (Å²) in [4.78, 5) is 0. The highest BCUT2D eigenvalue weighted by molar-refractivity contribution is 4.84. The molecule has 2 fully saturated rings. The van der Waals surface area contributed by atoms with Crippen molar-refractivity contribution in [1.29, 1.82) is 0 Å². The molecule has 0 aromatic rings. The molecule has 2 rings (SSSR count). The van der Waals surface area contributed by atoms with E-state index in [9.17, 15) is 0 Å². The Kier molecular flexibility index (Phi) is 0.997. The van der Waals surface area contributed by atoms with Crippen LogP contribution in [0.15, 0.2) is 0 Å². The summed E-state index contributed by atoms with van der Waals surface area (Å²) in [7, 11) is 0. The second kappa shape index (κ2) is 1.69. The molecular formula is C5H9NO2. The lowest BCUT2D eigenvalue weighted by atomic mass is 10.3. The van der Waals surface area contributed by atoms with Gasteiger partial charge in [-0.2, -0.15) is 0 Å². The summed E-state index contributed by atoms with van der Waals surface area (Å²) in [5, 5.41) is 3.17. The fourth-order valence-corrected chi connectivity index (χ4v) is 1.18. The van der Waals surface area contributed by atoms with E-state index in [0.717, 1.165) is 13.1 Å². The van der Waals surface area contributed by atoms with Gasteiger partial charge in [0.15, 0.2) is 0 Å². The van der Waals surface area contributed by atoms with E-state index in [1.807, 2.05) is 0 Å². The summed E-state index contributed by atoms with van der Waals surface area (Å²) in [5.74, 6) is 0. The largest absolute Gasteiger partial charge is 0.348 e. The van der Waals surface area contributed by atoms with Crippen molar-refractivity contribution in [3.8, 4) is 0 Å². The average Bonchev–Trinajstić information content (AvgIpc) is 2.15. The molecule has 2 aliphatic rings. The molecule has 0 bridgehead atoms. The van der Waals surface area contributed by atoms with Crippen molar-refractivity contribution in [3.05, 3.63) is 0 Å². The third-order valence-electron chi connectivity index (χ3n) is 1.67. The number of nitrogens with one attached hydrogen (secondary N) is 1. The second-order valence-electron chi connectivity index (χ2n) is 2.19. The fourth-order valence-electron chi connectivity index (χ4n) is 1.18. The normalized spacial score (nSPS) is 45.0. The van der Waals surface area contributed by atoms with E-state index in [0.29, 0.717) is 19.0 Å². The predicted molar refractivity (Wildman–Crippen MR) is 27.5 cm³/mol. The SMILES string of the molecule is C1O[C@H]2CNC[C@H]2O1. The van der Waals surface area contributed by atoms with Gasteiger partial charge in [-0.3, -0.25) is 0 Å². The molecule has 0 unspecified atom stereocenters. The van der Waals surface area contributed by atoms with Crippen LogP contribution in [0, 0.1) is 0 Å². The minimum atomic E-state index is 0.343. The van der Waals surface area contributed by atoms with Crippen LogP contribution in [-0.4, -0.2) is 32.1 Å². The van der Waals surface area contributed by atoms with Gasteiger partial charge in [-0.15, -0.1) is 0 Å². The number of fused-ring (bicyclic) bond motifs is 1.